The third-order valence-corrected chi connectivity index (χ3v) is 3.67. The molecule has 0 spiro atoms. The summed E-state index contributed by atoms with van der Waals surface area (Å²) in [6, 6.07) is 8.25. The predicted molar refractivity (Wildman–Crippen MR) is 70.0 cm³/mol. The average Bonchev–Trinajstić information content (AvgIpc) is 2.71. The number of halogens is 2. The molecule has 80 valence electrons. The van der Waals surface area contributed by atoms with Gasteiger partial charge in [0.25, 0.3) is 0 Å². The van der Waals surface area contributed by atoms with Crippen molar-refractivity contribution in [2.45, 2.75) is 18.9 Å². The van der Waals surface area contributed by atoms with Crippen molar-refractivity contribution in [3.05, 3.63) is 40.4 Å². The molecule has 1 aliphatic heterocycles. The van der Waals surface area contributed by atoms with E-state index >= 15 is 0 Å². The maximum atomic E-state index is 5.55. The van der Waals surface area contributed by atoms with Crippen molar-refractivity contribution in [2.75, 3.05) is 6.61 Å². The summed E-state index contributed by atoms with van der Waals surface area (Å²) in [5.74, 6) is 0. The zero-order chi connectivity index (χ0) is 10.7. The molecule has 1 nitrogen and oxygen atoms in total. The van der Waals surface area contributed by atoms with E-state index in [4.69, 9.17) is 4.74 Å². The number of hydrogen-bond acceptors (Lipinski definition) is 1. The van der Waals surface area contributed by atoms with Crippen molar-refractivity contribution >= 4 is 36.3 Å². The highest BCUT2D eigenvalue weighted by Gasteiger charge is 2.13. The summed E-state index contributed by atoms with van der Waals surface area (Å²) in [5.41, 5.74) is 1.19. The minimum atomic E-state index is 0.281. The molecule has 1 aliphatic rings. The van der Waals surface area contributed by atoms with Crippen LogP contribution in [0.2, 0.25) is 0 Å². The third kappa shape index (κ3) is 3.16. The van der Waals surface area contributed by atoms with Crippen LogP contribution in [0.1, 0.15) is 18.4 Å². The van der Waals surface area contributed by atoms with Gasteiger partial charge in [-0.25, -0.2) is 0 Å². The minimum Gasteiger partial charge on any atom is -0.374 e. The van der Waals surface area contributed by atoms with Crippen molar-refractivity contribution in [3.8, 4) is 0 Å². The standard InChI is InChI=1S/C12H12Br2O/c13-10-5-3-9(4-6-10)12(14)8-11-2-1-7-15-11/h3-6,8,11H,1-2,7H2/b12-8+. The lowest BCUT2D eigenvalue weighted by molar-refractivity contribution is 0.146. The maximum Gasteiger partial charge on any atom is 0.0770 e. The summed E-state index contributed by atoms with van der Waals surface area (Å²) in [5, 5.41) is 0. The monoisotopic (exact) mass is 330 g/mol. The first-order valence-electron chi connectivity index (χ1n) is 5.00. The molecule has 0 aromatic heterocycles. The Morgan fingerprint density at radius 3 is 2.67 bits per heavy atom. The molecule has 1 unspecified atom stereocenters. The van der Waals surface area contributed by atoms with Crippen LogP contribution >= 0.6 is 31.9 Å². The summed E-state index contributed by atoms with van der Waals surface area (Å²) in [6.07, 6.45) is 4.73. The van der Waals surface area contributed by atoms with Crippen LogP contribution in [-0.4, -0.2) is 12.7 Å². The van der Waals surface area contributed by atoms with E-state index in [-0.39, 0.29) is 6.10 Å². The lowest BCUT2D eigenvalue weighted by Crippen LogP contribution is -1.99. The summed E-state index contributed by atoms with van der Waals surface area (Å²) in [6.45, 7) is 0.891. The van der Waals surface area contributed by atoms with Crippen LogP contribution in [-0.2, 0) is 4.74 Å². The molecule has 1 atom stereocenters. The Hall–Kier alpha value is -0.120. The Morgan fingerprint density at radius 1 is 1.33 bits per heavy atom. The van der Waals surface area contributed by atoms with E-state index < -0.39 is 0 Å². The average molecular weight is 332 g/mol. The van der Waals surface area contributed by atoms with Crippen molar-refractivity contribution in [3.63, 3.8) is 0 Å². The van der Waals surface area contributed by atoms with Crippen LogP contribution in [0.25, 0.3) is 4.48 Å². The lowest BCUT2D eigenvalue weighted by Gasteiger charge is -2.05. The van der Waals surface area contributed by atoms with Crippen LogP contribution in [0.4, 0.5) is 0 Å². The number of hydrogen-bond donors (Lipinski definition) is 0. The van der Waals surface area contributed by atoms with Gasteiger partial charge >= 0.3 is 0 Å². The van der Waals surface area contributed by atoms with E-state index in [0.29, 0.717) is 0 Å². The molecule has 0 aliphatic carbocycles. The molecular weight excluding hydrogens is 320 g/mol. The second kappa shape index (κ2) is 5.28. The number of rotatable bonds is 2. The van der Waals surface area contributed by atoms with E-state index in [1.54, 1.807) is 0 Å². The molecule has 0 amide bonds. The highest BCUT2D eigenvalue weighted by atomic mass is 79.9. The van der Waals surface area contributed by atoms with E-state index in [2.05, 4.69) is 50.1 Å². The van der Waals surface area contributed by atoms with E-state index in [9.17, 15) is 0 Å². The third-order valence-electron chi connectivity index (χ3n) is 2.42. The van der Waals surface area contributed by atoms with Gasteiger partial charge in [-0.3, -0.25) is 0 Å². The van der Waals surface area contributed by atoms with Crippen molar-refractivity contribution in [1.82, 2.24) is 0 Å². The summed E-state index contributed by atoms with van der Waals surface area (Å²) < 4.78 is 7.77. The number of ether oxygens (including phenoxy) is 1. The fourth-order valence-electron chi connectivity index (χ4n) is 1.60. The fourth-order valence-corrected chi connectivity index (χ4v) is 2.43. The second-order valence-corrected chi connectivity index (χ2v) is 5.34. The molecule has 0 saturated carbocycles. The highest BCUT2D eigenvalue weighted by molar-refractivity contribution is 9.15. The van der Waals surface area contributed by atoms with Crippen LogP contribution in [0.3, 0.4) is 0 Å². The first kappa shape index (κ1) is 11.4. The SMILES string of the molecule is Br/C(=C/C1CCCO1)c1ccc(Br)cc1. The zero-order valence-corrected chi connectivity index (χ0v) is 11.4. The smallest absolute Gasteiger partial charge is 0.0770 e. The second-order valence-electron chi connectivity index (χ2n) is 3.57. The van der Waals surface area contributed by atoms with Gasteiger partial charge in [0.15, 0.2) is 0 Å². The Bertz CT molecular complexity index is 350. The van der Waals surface area contributed by atoms with Gasteiger partial charge in [-0.15, -0.1) is 0 Å². The van der Waals surface area contributed by atoms with Gasteiger partial charge in [0.2, 0.25) is 0 Å². The fraction of sp³-hybridized carbons (Fsp3) is 0.333. The summed E-state index contributed by atoms with van der Waals surface area (Å²) in [4.78, 5) is 0. The molecule has 1 fully saturated rings. The molecular formula is C12H12Br2O. The molecule has 3 heteroatoms. The molecule has 0 radical (unpaired) electrons. The van der Waals surface area contributed by atoms with Crippen molar-refractivity contribution in [1.29, 1.82) is 0 Å². The molecule has 1 saturated heterocycles. The minimum absolute atomic E-state index is 0.281. The summed E-state index contributed by atoms with van der Waals surface area (Å²) in [7, 11) is 0. The number of benzene rings is 1. The quantitative estimate of drug-likeness (QED) is 0.782. The Balaban J connectivity index is 2.12. The Kier molecular flexibility index (Phi) is 4.00. The van der Waals surface area contributed by atoms with Crippen molar-refractivity contribution in [2.24, 2.45) is 0 Å². The largest absolute Gasteiger partial charge is 0.374 e. The first-order chi connectivity index (χ1) is 7.25. The van der Waals surface area contributed by atoms with Gasteiger partial charge in [0.1, 0.15) is 0 Å². The molecule has 1 heterocycles. The summed E-state index contributed by atoms with van der Waals surface area (Å²) >= 11 is 7.01. The lowest BCUT2D eigenvalue weighted by atomic mass is 10.1. The van der Waals surface area contributed by atoms with Gasteiger partial charge in [-0.2, -0.15) is 0 Å². The predicted octanol–water partition coefficient (Wildman–Crippen LogP) is 4.36. The van der Waals surface area contributed by atoms with Gasteiger partial charge in [-0.05, 0) is 36.6 Å². The normalized spacial score (nSPS) is 22.0. The molecule has 1 aromatic carbocycles. The maximum absolute atomic E-state index is 5.55. The van der Waals surface area contributed by atoms with E-state index in [1.165, 1.54) is 12.0 Å². The molecule has 0 bridgehead atoms. The molecule has 0 N–H and O–H groups in total. The van der Waals surface area contributed by atoms with E-state index in [0.717, 1.165) is 22.0 Å². The van der Waals surface area contributed by atoms with Gasteiger partial charge < -0.3 is 4.74 Å². The molecule has 15 heavy (non-hydrogen) atoms. The first-order valence-corrected chi connectivity index (χ1v) is 6.59. The van der Waals surface area contributed by atoms with Crippen molar-refractivity contribution < 1.29 is 4.74 Å². The van der Waals surface area contributed by atoms with Crippen LogP contribution in [0.5, 0.6) is 0 Å². The van der Waals surface area contributed by atoms with Crippen LogP contribution in [0, 0.1) is 0 Å². The highest BCUT2D eigenvalue weighted by Crippen LogP contribution is 2.26. The molecule has 2 rings (SSSR count). The van der Waals surface area contributed by atoms with E-state index in [1.807, 2.05) is 12.1 Å². The Labute approximate surface area is 107 Å². The van der Waals surface area contributed by atoms with Gasteiger partial charge in [-0.1, -0.05) is 44.0 Å². The van der Waals surface area contributed by atoms with Crippen LogP contribution < -0.4 is 0 Å². The molecule has 1 aromatic rings. The van der Waals surface area contributed by atoms with Gasteiger partial charge in [0, 0.05) is 15.6 Å². The van der Waals surface area contributed by atoms with Crippen LogP contribution in [0.15, 0.2) is 34.8 Å². The zero-order valence-electron chi connectivity index (χ0n) is 8.25. The van der Waals surface area contributed by atoms with Gasteiger partial charge in [0.05, 0.1) is 6.10 Å². The Morgan fingerprint density at radius 2 is 2.07 bits per heavy atom. The topological polar surface area (TPSA) is 9.23 Å².